The maximum atomic E-state index is 13.7. The molecule has 0 amide bonds. The zero-order valence-electron chi connectivity index (χ0n) is 19.9. The number of hydrazine groups is 1. The van der Waals surface area contributed by atoms with E-state index in [0.717, 1.165) is 17.3 Å². The number of aliphatic hydroxyl groups is 1. The van der Waals surface area contributed by atoms with E-state index < -0.39 is 41.8 Å². The number of nitrogens with zero attached hydrogens (tertiary/aromatic N) is 3. The first kappa shape index (κ1) is 30.3. The van der Waals surface area contributed by atoms with Crippen molar-refractivity contribution in [3.8, 4) is 0 Å². The zero-order chi connectivity index (χ0) is 28.0. The van der Waals surface area contributed by atoms with E-state index in [1.165, 1.54) is 35.7 Å². The highest BCUT2D eigenvalue weighted by atomic mass is 79.9. The molecule has 1 fully saturated rings. The van der Waals surface area contributed by atoms with Gasteiger partial charge in [-0.3, -0.25) is 4.84 Å². The molecule has 208 valence electrons. The summed E-state index contributed by atoms with van der Waals surface area (Å²) in [6.07, 6.45) is -4.66. The quantitative estimate of drug-likeness (QED) is 0.149. The first-order valence-corrected chi connectivity index (χ1v) is 13.1. The molecule has 0 bridgehead atoms. The molecular formula is C22H26BrClF3N7O3S. The van der Waals surface area contributed by atoms with E-state index >= 15 is 0 Å². The largest absolute Gasteiger partial charge is 0.418 e. The van der Waals surface area contributed by atoms with Gasteiger partial charge < -0.3 is 26.3 Å². The average molecular weight is 641 g/mol. The van der Waals surface area contributed by atoms with Crippen LogP contribution in [0.1, 0.15) is 17.5 Å². The van der Waals surface area contributed by atoms with Gasteiger partial charge in [-0.15, -0.1) is 11.3 Å². The summed E-state index contributed by atoms with van der Waals surface area (Å²) in [6, 6.07) is 3.36. The molecule has 4 atom stereocenters. The summed E-state index contributed by atoms with van der Waals surface area (Å²) in [6.45, 7) is 1.75. The highest BCUT2D eigenvalue weighted by molar-refractivity contribution is 9.10. The first-order chi connectivity index (χ1) is 17.9. The number of benzene rings is 1. The summed E-state index contributed by atoms with van der Waals surface area (Å²) in [5.41, 5.74) is 13.1. The monoisotopic (exact) mass is 639 g/mol. The van der Waals surface area contributed by atoms with Crippen molar-refractivity contribution in [2.45, 2.75) is 37.5 Å². The summed E-state index contributed by atoms with van der Waals surface area (Å²) < 4.78 is 47.6. The number of ether oxygens (including phenoxy) is 1. The maximum Gasteiger partial charge on any atom is 0.418 e. The van der Waals surface area contributed by atoms with Gasteiger partial charge in [0.25, 0.3) is 0 Å². The molecule has 0 spiro atoms. The minimum Gasteiger partial charge on any atom is -0.405 e. The van der Waals surface area contributed by atoms with Gasteiger partial charge in [0.2, 0.25) is 0 Å². The zero-order valence-corrected chi connectivity index (χ0v) is 23.1. The Bertz CT molecular complexity index is 1200. The Morgan fingerprint density at radius 1 is 1.50 bits per heavy atom. The van der Waals surface area contributed by atoms with Crippen LogP contribution in [0.5, 0.6) is 0 Å². The third-order valence-corrected chi connectivity index (χ3v) is 6.95. The van der Waals surface area contributed by atoms with Crippen LogP contribution in [0.3, 0.4) is 0 Å². The number of hydrogen-bond acceptors (Lipinski definition) is 11. The molecule has 1 aromatic carbocycles. The third kappa shape index (κ3) is 8.13. The molecule has 38 heavy (non-hydrogen) atoms. The van der Waals surface area contributed by atoms with E-state index in [1.54, 1.807) is 12.3 Å². The van der Waals surface area contributed by atoms with Crippen LogP contribution in [-0.4, -0.2) is 58.3 Å². The Morgan fingerprint density at radius 3 is 2.82 bits per heavy atom. The second kappa shape index (κ2) is 13.2. The van der Waals surface area contributed by atoms with Crippen molar-refractivity contribution in [2.24, 2.45) is 22.3 Å². The third-order valence-electron chi connectivity index (χ3n) is 5.25. The lowest BCUT2D eigenvalue weighted by Gasteiger charge is -2.29. The Balaban J connectivity index is 1.97. The van der Waals surface area contributed by atoms with Crippen molar-refractivity contribution in [1.82, 2.24) is 15.5 Å². The molecule has 2 heterocycles. The van der Waals surface area contributed by atoms with Crippen molar-refractivity contribution in [1.29, 1.82) is 0 Å². The number of rotatable bonds is 10. The van der Waals surface area contributed by atoms with Crippen molar-refractivity contribution < 1.29 is 27.9 Å². The Hall–Kier alpha value is -2.24. The summed E-state index contributed by atoms with van der Waals surface area (Å²) in [5.74, 6) is 6.05. The van der Waals surface area contributed by atoms with Gasteiger partial charge in [-0.2, -0.15) is 18.7 Å². The number of hydroxylamine groups is 1. The van der Waals surface area contributed by atoms with E-state index in [4.69, 9.17) is 38.5 Å². The van der Waals surface area contributed by atoms with E-state index in [-0.39, 0.29) is 29.7 Å². The molecule has 1 aliphatic heterocycles. The highest BCUT2D eigenvalue weighted by Gasteiger charge is 2.36. The van der Waals surface area contributed by atoms with Crippen LogP contribution in [0.25, 0.3) is 5.70 Å². The van der Waals surface area contributed by atoms with Gasteiger partial charge in [0, 0.05) is 22.6 Å². The summed E-state index contributed by atoms with van der Waals surface area (Å²) in [5, 5.41) is 14.5. The first-order valence-electron chi connectivity index (χ1n) is 11.0. The van der Waals surface area contributed by atoms with Crippen LogP contribution in [0, 0.1) is 0 Å². The van der Waals surface area contributed by atoms with Gasteiger partial charge >= 0.3 is 6.18 Å². The number of thiazole rings is 1. The fourth-order valence-corrected chi connectivity index (χ4v) is 4.68. The number of aliphatic imine (C=N–C) groups is 1. The van der Waals surface area contributed by atoms with Crippen LogP contribution in [-0.2, 0) is 15.8 Å². The van der Waals surface area contributed by atoms with Crippen molar-refractivity contribution in [2.75, 3.05) is 13.1 Å². The molecule has 16 heteroatoms. The maximum absolute atomic E-state index is 13.7. The minimum atomic E-state index is -4.68. The number of nitrogens with two attached hydrogens (primary N) is 3. The van der Waals surface area contributed by atoms with Gasteiger partial charge in [-0.05, 0) is 37.4 Å². The number of halogens is 5. The summed E-state index contributed by atoms with van der Waals surface area (Å²) in [7, 11) is 0. The molecule has 4 unspecified atom stereocenters. The number of aromatic nitrogens is 1. The molecule has 1 aromatic heterocycles. The van der Waals surface area contributed by atoms with Crippen molar-refractivity contribution >= 4 is 56.0 Å². The van der Waals surface area contributed by atoms with Gasteiger partial charge in [0.15, 0.2) is 0 Å². The van der Waals surface area contributed by atoms with E-state index in [1.807, 2.05) is 0 Å². The van der Waals surface area contributed by atoms with E-state index in [2.05, 4.69) is 31.4 Å². The molecule has 10 nitrogen and oxygen atoms in total. The molecule has 0 radical (unpaired) electrons. The summed E-state index contributed by atoms with van der Waals surface area (Å²) >= 11 is 10.2. The number of alkyl halides is 3. The molecule has 1 aliphatic rings. The van der Waals surface area contributed by atoms with Crippen LogP contribution >= 0.6 is 38.9 Å². The Labute approximate surface area is 234 Å². The number of nitrogens with one attached hydrogen (secondary N) is 1. The average Bonchev–Trinajstić information content (AvgIpc) is 3.44. The van der Waals surface area contributed by atoms with Gasteiger partial charge in [0.1, 0.15) is 34.6 Å². The SMILES string of the molecule is CC1ONCC1OC(C(C=CN)=Nc1cc(Br)ccc1C(F)(F)F)C(O)CN(N)/C=C(\N)c1nc(Cl)cs1. The van der Waals surface area contributed by atoms with Gasteiger partial charge in [0.05, 0.1) is 29.2 Å². The normalized spacial score (nSPS) is 20.7. The Morgan fingerprint density at radius 2 is 2.24 bits per heavy atom. The van der Waals surface area contributed by atoms with Gasteiger partial charge in [-0.25, -0.2) is 15.8 Å². The molecule has 0 saturated carbocycles. The predicted octanol–water partition coefficient (Wildman–Crippen LogP) is 3.29. The van der Waals surface area contributed by atoms with Crippen molar-refractivity contribution in [3.05, 3.63) is 62.3 Å². The van der Waals surface area contributed by atoms with E-state index in [9.17, 15) is 18.3 Å². The smallest absolute Gasteiger partial charge is 0.405 e. The lowest BCUT2D eigenvalue weighted by atomic mass is 10.1. The number of hydrogen-bond donors (Lipinski definition) is 5. The molecule has 2 aromatic rings. The summed E-state index contributed by atoms with van der Waals surface area (Å²) in [4.78, 5) is 13.6. The fourth-order valence-electron chi connectivity index (χ4n) is 3.46. The lowest BCUT2D eigenvalue weighted by molar-refractivity contribution is -0.137. The second-order valence-electron chi connectivity index (χ2n) is 8.15. The minimum absolute atomic E-state index is 0.0697. The number of aliphatic hydroxyl groups excluding tert-OH is 1. The highest BCUT2D eigenvalue weighted by Crippen LogP contribution is 2.38. The lowest BCUT2D eigenvalue weighted by Crippen LogP contribution is -2.47. The predicted molar refractivity (Wildman–Crippen MR) is 143 cm³/mol. The van der Waals surface area contributed by atoms with Crippen molar-refractivity contribution in [3.63, 3.8) is 0 Å². The molecule has 8 N–H and O–H groups in total. The van der Waals surface area contributed by atoms with Crippen LogP contribution in [0.2, 0.25) is 5.15 Å². The standard InChI is InChI=1S/C22H26BrClF3N7O3S/c1-11-18(7-31-37-11)36-20(17(35)9-34(30)8-14(29)21-33-19(24)10-38-21)15(4-5-28)32-16-6-12(23)2-3-13(16)22(25,26)27/h2-6,8,10-11,17-18,20,31,35H,7,9,28-30H2,1H3/b5-4?,14-8-,32-15?. The molecule has 1 saturated heterocycles. The van der Waals surface area contributed by atoms with Crippen LogP contribution in [0.15, 0.2) is 51.5 Å². The molecule has 0 aliphatic carbocycles. The van der Waals surface area contributed by atoms with E-state index in [0.29, 0.717) is 9.48 Å². The second-order valence-corrected chi connectivity index (χ2v) is 10.3. The Kier molecular flexibility index (Phi) is 10.5. The molecular weight excluding hydrogens is 615 g/mol. The van der Waals surface area contributed by atoms with Crippen LogP contribution in [0.4, 0.5) is 18.9 Å². The molecule has 3 rings (SSSR count). The van der Waals surface area contributed by atoms with Crippen LogP contribution < -0.4 is 22.8 Å². The fraction of sp³-hybridized carbons (Fsp3) is 0.364. The topological polar surface area (TPSA) is 157 Å². The van der Waals surface area contributed by atoms with Gasteiger partial charge in [-0.1, -0.05) is 27.5 Å².